The van der Waals surface area contributed by atoms with Crippen molar-refractivity contribution >= 4 is 16.8 Å². The molecule has 5 heteroatoms. The zero-order valence-electron chi connectivity index (χ0n) is 8.01. The van der Waals surface area contributed by atoms with E-state index in [4.69, 9.17) is 26.7 Å². The van der Waals surface area contributed by atoms with Gasteiger partial charge in [0.1, 0.15) is 6.10 Å². The lowest BCUT2D eigenvalue weighted by molar-refractivity contribution is 0.0438. The fraction of sp³-hybridized carbons (Fsp3) is 0.300. The molecule has 0 bridgehead atoms. The van der Waals surface area contributed by atoms with Crippen LogP contribution in [0.2, 0.25) is 0 Å². The van der Waals surface area contributed by atoms with Crippen molar-refractivity contribution < 1.29 is 15.1 Å². The first kappa shape index (κ1) is 12.0. The lowest BCUT2D eigenvalue weighted by Gasteiger charge is -2.12. The summed E-state index contributed by atoms with van der Waals surface area (Å²) in [5.41, 5.74) is 0.957. The van der Waals surface area contributed by atoms with E-state index < -0.39 is 6.10 Å². The molecular formula is C10H12ClNO3. The van der Waals surface area contributed by atoms with Crippen molar-refractivity contribution in [2.75, 3.05) is 6.61 Å². The van der Waals surface area contributed by atoms with Crippen molar-refractivity contribution in [1.29, 1.82) is 0 Å². The molecule has 1 rings (SSSR count). The number of benzene rings is 1. The second-order valence-corrected chi connectivity index (χ2v) is 3.28. The normalized spacial score (nSPS) is 13.9. The molecule has 0 unspecified atom stereocenters. The molecule has 0 heterocycles. The van der Waals surface area contributed by atoms with Gasteiger partial charge in [-0.2, -0.15) is 0 Å². The van der Waals surface area contributed by atoms with Gasteiger partial charge in [-0.05, 0) is 5.56 Å². The second kappa shape index (κ2) is 6.40. The van der Waals surface area contributed by atoms with Gasteiger partial charge in [0.25, 0.3) is 0 Å². The van der Waals surface area contributed by atoms with Crippen molar-refractivity contribution in [3.63, 3.8) is 0 Å². The molecule has 0 radical (unpaired) electrons. The molecule has 0 aromatic heterocycles. The summed E-state index contributed by atoms with van der Waals surface area (Å²) < 4.78 is 5.26. The molecule has 0 amide bonds. The molecule has 0 spiro atoms. The number of oxime groups is 1. The number of hydrogen-bond acceptors (Lipinski definition) is 4. The van der Waals surface area contributed by atoms with Crippen LogP contribution in [0.15, 0.2) is 35.5 Å². The summed E-state index contributed by atoms with van der Waals surface area (Å²) in [6.07, 6.45) is -0.781. The zero-order chi connectivity index (χ0) is 11.1. The monoisotopic (exact) mass is 229 g/mol. The van der Waals surface area contributed by atoms with Gasteiger partial charge in [-0.25, -0.2) is 0 Å². The number of rotatable bonds is 5. The van der Waals surface area contributed by atoms with Crippen molar-refractivity contribution in [3.05, 3.63) is 35.9 Å². The van der Waals surface area contributed by atoms with Gasteiger partial charge in [0.05, 0.1) is 13.2 Å². The Labute approximate surface area is 92.7 Å². The van der Waals surface area contributed by atoms with Crippen LogP contribution in [0.5, 0.6) is 0 Å². The fourth-order valence-corrected chi connectivity index (χ4v) is 1.16. The molecule has 0 saturated carbocycles. The van der Waals surface area contributed by atoms with Gasteiger partial charge >= 0.3 is 0 Å². The number of halogens is 1. The van der Waals surface area contributed by atoms with Gasteiger partial charge in [0, 0.05) is 0 Å². The minimum Gasteiger partial charge on any atom is -0.410 e. The Morgan fingerprint density at radius 2 is 2.07 bits per heavy atom. The van der Waals surface area contributed by atoms with E-state index >= 15 is 0 Å². The van der Waals surface area contributed by atoms with E-state index in [0.717, 1.165) is 5.56 Å². The van der Waals surface area contributed by atoms with E-state index in [2.05, 4.69) is 5.16 Å². The average molecular weight is 230 g/mol. The molecule has 1 aromatic rings. The highest BCUT2D eigenvalue weighted by Gasteiger charge is 2.14. The summed E-state index contributed by atoms with van der Waals surface area (Å²) in [6.45, 7) is -0.0203. The highest BCUT2D eigenvalue weighted by atomic mass is 35.5. The van der Waals surface area contributed by atoms with Crippen molar-refractivity contribution in [3.8, 4) is 0 Å². The van der Waals surface area contributed by atoms with Crippen LogP contribution in [0.1, 0.15) is 5.56 Å². The molecule has 15 heavy (non-hydrogen) atoms. The summed E-state index contributed by atoms with van der Waals surface area (Å²) in [7, 11) is 0. The minimum absolute atomic E-state index is 0.159. The van der Waals surface area contributed by atoms with Crippen LogP contribution >= 0.6 is 11.6 Å². The van der Waals surface area contributed by atoms with Crippen molar-refractivity contribution in [2.45, 2.75) is 12.7 Å². The first-order chi connectivity index (χ1) is 7.27. The van der Waals surface area contributed by atoms with Crippen LogP contribution < -0.4 is 0 Å². The highest BCUT2D eigenvalue weighted by Crippen LogP contribution is 2.06. The summed E-state index contributed by atoms with van der Waals surface area (Å²) in [4.78, 5) is 0. The van der Waals surface area contributed by atoms with E-state index in [9.17, 15) is 0 Å². The van der Waals surface area contributed by atoms with Crippen LogP contribution in [-0.2, 0) is 11.3 Å². The molecule has 1 atom stereocenters. The molecule has 82 valence electrons. The van der Waals surface area contributed by atoms with Crippen molar-refractivity contribution in [1.82, 2.24) is 0 Å². The van der Waals surface area contributed by atoms with Crippen LogP contribution in [0, 0.1) is 0 Å². The third kappa shape index (κ3) is 3.87. The SMILES string of the molecule is OC[C@H](OCc1ccccc1)/C(Cl)=N/O. The van der Waals surface area contributed by atoms with E-state index in [1.165, 1.54) is 0 Å². The minimum atomic E-state index is -0.781. The van der Waals surface area contributed by atoms with Gasteiger partial charge in [0.2, 0.25) is 0 Å². The maximum atomic E-state index is 8.90. The molecule has 1 aromatic carbocycles. The Hall–Kier alpha value is -1.10. The third-order valence-corrected chi connectivity index (χ3v) is 2.14. The summed E-state index contributed by atoms with van der Waals surface area (Å²) in [5, 5.41) is 19.9. The number of ether oxygens (including phenoxy) is 1. The lowest BCUT2D eigenvalue weighted by Crippen LogP contribution is -2.24. The molecule has 0 fully saturated rings. The van der Waals surface area contributed by atoms with Gasteiger partial charge in [-0.15, -0.1) is 0 Å². The third-order valence-electron chi connectivity index (χ3n) is 1.82. The van der Waals surface area contributed by atoms with Crippen molar-refractivity contribution in [2.24, 2.45) is 5.16 Å². The van der Waals surface area contributed by atoms with Crippen LogP contribution in [-0.4, -0.2) is 28.2 Å². The Balaban J connectivity index is 2.48. The zero-order valence-corrected chi connectivity index (χ0v) is 8.76. The van der Waals surface area contributed by atoms with E-state index in [1.54, 1.807) is 0 Å². The first-order valence-electron chi connectivity index (χ1n) is 4.41. The predicted molar refractivity (Wildman–Crippen MR) is 57.2 cm³/mol. The quantitative estimate of drug-likeness (QED) is 0.458. The standard InChI is InChI=1S/C10H12ClNO3/c11-10(12-14)9(6-13)15-7-8-4-2-1-3-5-8/h1-5,9,13-14H,6-7H2/b12-10-/t9-/m0/s1. The number of hydrogen-bond donors (Lipinski definition) is 2. The molecule has 0 aliphatic carbocycles. The second-order valence-electron chi connectivity index (χ2n) is 2.89. The number of nitrogens with zero attached hydrogens (tertiary/aromatic N) is 1. The topological polar surface area (TPSA) is 62.0 Å². The fourth-order valence-electron chi connectivity index (χ4n) is 1.03. The molecule has 0 aliphatic rings. The maximum Gasteiger partial charge on any atom is 0.176 e. The Bertz CT molecular complexity index is 316. The van der Waals surface area contributed by atoms with E-state index in [0.29, 0.717) is 6.61 Å². The number of aliphatic hydroxyl groups excluding tert-OH is 1. The van der Waals surface area contributed by atoms with Crippen LogP contribution in [0.25, 0.3) is 0 Å². The summed E-state index contributed by atoms with van der Waals surface area (Å²) in [6, 6.07) is 9.44. The molecule has 4 nitrogen and oxygen atoms in total. The van der Waals surface area contributed by atoms with E-state index in [-0.39, 0.29) is 11.8 Å². The summed E-state index contributed by atoms with van der Waals surface area (Å²) in [5.74, 6) is 0. The molecule has 2 N–H and O–H groups in total. The first-order valence-corrected chi connectivity index (χ1v) is 4.79. The number of aliphatic hydroxyl groups is 1. The van der Waals surface area contributed by atoms with E-state index in [1.807, 2.05) is 30.3 Å². The summed E-state index contributed by atoms with van der Waals surface area (Å²) >= 11 is 5.51. The molecular weight excluding hydrogens is 218 g/mol. The molecule has 0 saturated heterocycles. The van der Waals surface area contributed by atoms with Gasteiger partial charge in [-0.3, -0.25) is 0 Å². The lowest BCUT2D eigenvalue weighted by atomic mass is 10.2. The highest BCUT2D eigenvalue weighted by molar-refractivity contribution is 6.66. The Kier molecular flexibility index (Phi) is 5.10. The van der Waals surface area contributed by atoms with Gasteiger partial charge in [-0.1, -0.05) is 47.1 Å². The van der Waals surface area contributed by atoms with Gasteiger partial charge in [0.15, 0.2) is 5.17 Å². The Morgan fingerprint density at radius 3 is 2.60 bits per heavy atom. The largest absolute Gasteiger partial charge is 0.410 e. The van der Waals surface area contributed by atoms with Gasteiger partial charge < -0.3 is 15.1 Å². The van der Waals surface area contributed by atoms with Crippen LogP contribution in [0.4, 0.5) is 0 Å². The maximum absolute atomic E-state index is 8.90. The predicted octanol–water partition coefficient (Wildman–Crippen LogP) is 1.59. The average Bonchev–Trinajstić information content (AvgIpc) is 2.31. The molecule has 0 aliphatic heterocycles. The van der Waals surface area contributed by atoms with Crippen LogP contribution in [0.3, 0.4) is 0 Å². The Morgan fingerprint density at radius 1 is 1.40 bits per heavy atom. The smallest absolute Gasteiger partial charge is 0.176 e.